The molecule has 0 rings (SSSR count). The predicted molar refractivity (Wildman–Crippen MR) is 51.4 cm³/mol. The first-order valence-electron chi connectivity index (χ1n) is 4.54. The summed E-state index contributed by atoms with van der Waals surface area (Å²) in [7, 11) is 0. The smallest absolute Gasteiger partial charge is 0.327 e. The lowest BCUT2D eigenvalue weighted by Gasteiger charge is -2.20. The van der Waals surface area contributed by atoms with Crippen LogP contribution in [0.3, 0.4) is 0 Å². The van der Waals surface area contributed by atoms with Crippen LogP contribution in [0, 0.1) is 0 Å². The van der Waals surface area contributed by atoms with Crippen LogP contribution in [0.2, 0.25) is 0 Å². The van der Waals surface area contributed by atoms with Crippen molar-refractivity contribution in [2.24, 2.45) is 5.90 Å². The van der Waals surface area contributed by atoms with Gasteiger partial charge in [-0.3, -0.25) is 9.59 Å². The van der Waals surface area contributed by atoms with E-state index in [4.69, 9.17) is 4.74 Å². The topological polar surface area (TPSA) is 98.8 Å². The van der Waals surface area contributed by atoms with Gasteiger partial charge < -0.3 is 14.7 Å². The summed E-state index contributed by atoms with van der Waals surface area (Å²) >= 11 is 0. The van der Waals surface area contributed by atoms with Gasteiger partial charge in [-0.1, -0.05) is 0 Å². The number of rotatable bonds is 4. The summed E-state index contributed by atoms with van der Waals surface area (Å²) in [6.45, 7) is 5.14. The van der Waals surface area contributed by atoms with E-state index in [1.165, 1.54) is 0 Å². The van der Waals surface area contributed by atoms with Gasteiger partial charge in [-0.25, -0.2) is 0 Å². The highest BCUT2D eigenvalue weighted by atomic mass is 16.7. The van der Waals surface area contributed by atoms with E-state index < -0.39 is 23.6 Å². The Morgan fingerprint density at radius 3 is 2.13 bits per heavy atom. The van der Waals surface area contributed by atoms with Gasteiger partial charge in [0.05, 0.1) is 18.9 Å². The van der Waals surface area contributed by atoms with Crippen LogP contribution in [0.25, 0.3) is 0 Å². The Hall–Kier alpha value is -1.14. The molecule has 0 aliphatic rings. The summed E-state index contributed by atoms with van der Waals surface area (Å²) in [6.07, 6.45) is -1.71. The first-order valence-corrected chi connectivity index (χ1v) is 4.54. The molecule has 0 bridgehead atoms. The molecule has 0 aromatic heterocycles. The molecule has 0 spiro atoms. The highest BCUT2D eigenvalue weighted by Gasteiger charge is 2.21. The molecule has 0 aliphatic carbocycles. The van der Waals surface area contributed by atoms with Crippen LogP contribution >= 0.6 is 0 Å². The minimum atomic E-state index is -1.13. The number of carbonyl (C=O) groups excluding carboxylic acids is 2. The average Bonchev–Trinajstić information content (AvgIpc) is 1.99. The summed E-state index contributed by atoms with van der Waals surface area (Å²) in [5.74, 6) is 3.23. The predicted octanol–water partition coefficient (Wildman–Crippen LogP) is -0.114. The van der Waals surface area contributed by atoms with Crippen LogP contribution in [-0.2, 0) is 19.2 Å². The maximum atomic E-state index is 11.2. The molecule has 0 radical (unpaired) electrons. The molecule has 88 valence electrons. The van der Waals surface area contributed by atoms with E-state index in [9.17, 15) is 14.7 Å². The van der Waals surface area contributed by atoms with E-state index in [-0.39, 0.29) is 12.8 Å². The van der Waals surface area contributed by atoms with E-state index in [1.54, 1.807) is 20.8 Å². The summed E-state index contributed by atoms with van der Waals surface area (Å²) in [5, 5.41) is 9.26. The lowest BCUT2D eigenvalue weighted by Crippen LogP contribution is -2.28. The quantitative estimate of drug-likeness (QED) is 0.505. The Balaban J connectivity index is 3.92. The third-order valence-corrected chi connectivity index (χ3v) is 1.36. The second-order valence-electron chi connectivity index (χ2n) is 4.14. The van der Waals surface area contributed by atoms with Crippen molar-refractivity contribution >= 4 is 11.9 Å². The molecule has 0 saturated heterocycles. The highest BCUT2D eigenvalue weighted by Crippen LogP contribution is 2.10. The van der Waals surface area contributed by atoms with E-state index in [0.717, 1.165) is 0 Å². The van der Waals surface area contributed by atoms with Gasteiger partial charge in [0, 0.05) is 0 Å². The zero-order chi connectivity index (χ0) is 12.1. The van der Waals surface area contributed by atoms with Gasteiger partial charge in [0.15, 0.2) is 0 Å². The van der Waals surface area contributed by atoms with Gasteiger partial charge in [-0.2, -0.15) is 5.90 Å². The van der Waals surface area contributed by atoms with Crippen molar-refractivity contribution < 1.29 is 24.3 Å². The van der Waals surface area contributed by atoms with Gasteiger partial charge >= 0.3 is 11.9 Å². The molecule has 6 heteroatoms. The fraction of sp³-hybridized carbons (Fsp3) is 0.778. The van der Waals surface area contributed by atoms with Crippen molar-refractivity contribution in [3.05, 3.63) is 0 Å². The number of esters is 1. The molecule has 0 aromatic carbocycles. The molecule has 0 aliphatic heterocycles. The monoisotopic (exact) mass is 219 g/mol. The number of carbonyl (C=O) groups is 2. The average molecular weight is 219 g/mol. The second kappa shape index (κ2) is 5.67. The Morgan fingerprint density at radius 2 is 1.73 bits per heavy atom. The van der Waals surface area contributed by atoms with Gasteiger partial charge in [-0.05, 0) is 20.8 Å². The van der Waals surface area contributed by atoms with Crippen LogP contribution in [-0.4, -0.2) is 28.8 Å². The van der Waals surface area contributed by atoms with Crippen LogP contribution in [0.1, 0.15) is 33.6 Å². The molecular formula is C9H17NO5. The van der Waals surface area contributed by atoms with Crippen LogP contribution in [0.5, 0.6) is 0 Å². The minimum absolute atomic E-state index is 0.258. The number of aliphatic hydroxyl groups is 1. The van der Waals surface area contributed by atoms with Crippen molar-refractivity contribution in [1.82, 2.24) is 0 Å². The second-order valence-corrected chi connectivity index (χ2v) is 4.14. The van der Waals surface area contributed by atoms with Crippen LogP contribution in [0.4, 0.5) is 0 Å². The van der Waals surface area contributed by atoms with Crippen molar-refractivity contribution in [3.63, 3.8) is 0 Å². The minimum Gasteiger partial charge on any atom is -0.460 e. The normalized spacial score (nSPS) is 13.1. The fourth-order valence-electron chi connectivity index (χ4n) is 0.888. The summed E-state index contributed by atoms with van der Waals surface area (Å²) in [5.41, 5.74) is -0.606. The Labute approximate surface area is 88.3 Å². The number of hydrogen-bond donors (Lipinski definition) is 2. The number of nitrogens with two attached hydrogens (primary N) is 1. The van der Waals surface area contributed by atoms with Gasteiger partial charge in [-0.15, -0.1) is 0 Å². The zero-order valence-corrected chi connectivity index (χ0v) is 9.15. The SMILES string of the molecule is CC(C)(C)OC(=O)CC(O)CC(=O)ON. The third kappa shape index (κ3) is 7.90. The van der Waals surface area contributed by atoms with Crippen LogP contribution in [0.15, 0.2) is 0 Å². The molecule has 0 amide bonds. The lowest BCUT2D eigenvalue weighted by atomic mass is 10.1. The maximum Gasteiger partial charge on any atom is 0.327 e. The lowest BCUT2D eigenvalue weighted by molar-refractivity contribution is -0.158. The standard InChI is InChI=1S/C9H17NO5/c1-9(2,3)14-7(12)4-6(11)5-8(13)15-10/h6,11H,4-5,10H2,1-3H3. The first-order chi connectivity index (χ1) is 6.74. The zero-order valence-electron chi connectivity index (χ0n) is 9.15. The van der Waals surface area contributed by atoms with Gasteiger partial charge in [0.1, 0.15) is 5.60 Å². The number of hydrogen-bond acceptors (Lipinski definition) is 6. The van der Waals surface area contributed by atoms with Crippen molar-refractivity contribution in [2.75, 3.05) is 0 Å². The molecule has 0 heterocycles. The molecule has 1 unspecified atom stereocenters. The molecule has 15 heavy (non-hydrogen) atoms. The highest BCUT2D eigenvalue weighted by molar-refractivity contribution is 5.73. The fourth-order valence-corrected chi connectivity index (χ4v) is 0.888. The van der Waals surface area contributed by atoms with E-state index in [2.05, 4.69) is 10.7 Å². The first kappa shape index (κ1) is 13.9. The summed E-state index contributed by atoms with van der Waals surface area (Å²) in [4.78, 5) is 25.7. The Morgan fingerprint density at radius 1 is 1.27 bits per heavy atom. The van der Waals surface area contributed by atoms with E-state index in [0.29, 0.717) is 0 Å². The molecule has 3 N–H and O–H groups in total. The van der Waals surface area contributed by atoms with Crippen molar-refractivity contribution in [2.45, 2.75) is 45.3 Å². The molecule has 0 fully saturated rings. The van der Waals surface area contributed by atoms with Gasteiger partial charge in [0.25, 0.3) is 0 Å². The van der Waals surface area contributed by atoms with Crippen molar-refractivity contribution in [3.8, 4) is 0 Å². The molecular weight excluding hydrogens is 202 g/mol. The third-order valence-electron chi connectivity index (χ3n) is 1.36. The summed E-state index contributed by atoms with van der Waals surface area (Å²) < 4.78 is 4.94. The van der Waals surface area contributed by atoms with E-state index in [1.807, 2.05) is 0 Å². The number of ether oxygens (including phenoxy) is 1. The summed E-state index contributed by atoms with van der Waals surface area (Å²) in [6, 6.07) is 0. The molecule has 0 aromatic rings. The van der Waals surface area contributed by atoms with E-state index >= 15 is 0 Å². The van der Waals surface area contributed by atoms with Crippen molar-refractivity contribution in [1.29, 1.82) is 0 Å². The van der Waals surface area contributed by atoms with Gasteiger partial charge in [0.2, 0.25) is 0 Å². The molecule has 1 atom stereocenters. The largest absolute Gasteiger partial charge is 0.460 e. The van der Waals surface area contributed by atoms with Crippen LogP contribution < -0.4 is 5.90 Å². The molecule has 6 nitrogen and oxygen atoms in total. The number of aliphatic hydroxyl groups excluding tert-OH is 1. The molecule has 0 saturated carbocycles. The maximum absolute atomic E-state index is 11.2. The Kier molecular flexibility index (Phi) is 5.24. The Bertz CT molecular complexity index is 233.